The number of nitrogens with zero attached hydrogens (tertiary/aromatic N) is 1. The van der Waals surface area contributed by atoms with Crippen molar-refractivity contribution in [3.05, 3.63) is 22.2 Å². The Bertz CT molecular complexity index is 290. The van der Waals surface area contributed by atoms with Gasteiger partial charge in [0.05, 0.1) is 5.69 Å². The molecule has 0 fully saturated rings. The third-order valence-electron chi connectivity index (χ3n) is 1.07. The van der Waals surface area contributed by atoms with E-state index in [1.165, 1.54) is 11.3 Å². The van der Waals surface area contributed by atoms with E-state index in [9.17, 15) is 4.79 Å². The van der Waals surface area contributed by atoms with Crippen LogP contribution < -0.4 is 5.73 Å². The van der Waals surface area contributed by atoms with Crippen LogP contribution in [0, 0.1) is 0 Å². The van der Waals surface area contributed by atoms with Gasteiger partial charge in [0.25, 0.3) is 5.91 Å². The largest absolute Gasteiger partial charge is 0.364 e. The minimum absolute atomic E-state index is 0.359. The second-order valence-corrected chi connectivity index (χ2v) is 2.80. The fourth-order valence-electron chi connectivity index (χ4n) is 0.647. The van der Waals surface area contributed by atoms with Crippen LogP contribution in [0.3, 0.4) is 0 Å². The van der Waals surface area contributed by atoms with Crippen molar-refractivity contribution in [3.8, 4) is 0 Å². The predicted octanol–water partition coefficient (Wildman–Crippen LogP) is 1.28. The van der Waals surface area contributed by atoms with Crippen LogP contribution in [0.2, 0.25) is 0 Å². The summed E-state index contributed by atoms with van der Waals surface area (Å²) in [7, 11) is 0. The predicted molar refractivity (Wildman–Crippen MR) is 45.3 cm³/mol. The zero-order valence-corrected chi connectivity index (χ0v) is 6.89. The van der Waals surface area contributed by atoms with Crippen LogP contribution in [-0.2, 0) is 0 Å². The molecule has 0 saturated heterocycles. The number of carbonyl (C=O) groups is 1. The first-order valence-electron chi connectivity index (χ1n) is 3.12. The molecule has 0 radical (unpaired) electrons. The Morgan fingerprint density at radius 3 is 3.00 bits per heavy atom. The topological polar surface area (TPSA) is 56.0 Å². The second kappa shape index (κ2) is 3.30. The van der Waals surface area contributed by atoms with Gasteiger partial charge >= 0.3 is 0 Å². The molecule has 0 spiro atoms. The molecule has 0 aliphatic heterocycles. The van der Waals surface area contributed by atoms with E-state index in [0.717, 1.165) is 5.69 Å². The van der Waals surface area contributed by atoms with Gasteiger partial charge in [-0.3, -0.25) is 4.79 Å². The lowest BCUT2D eigenvalue weighted by Crippen LogP contribution is -2.10. The molecule has 58 valence electrons. The van der Waals surface area contributed by atoms with E-state index in [1.54, 1.807) is 5.38 Å². The maximum atomic E-state index is 10.6. The SMILES string of the molecule is C/C=C\c1csc(C(N)=O)n1. The van der Waals surface area contributed by atoms with Crippen LogP contribution >= 0.6 is 11.3 Å². The first-order valence-corrected chi connectivity index (χ1v) is 4.00. The van der Waals surface area contributed by atoms with Gasteiger partial charge < -0.3 is 5.73 Å². The molecule has 0 aliphatic rings. The van der Waals surface area contributed by atoms with Crippen LogP contribution in [0.1, 0.15) is 22.4 Å². The van der Waals surface area contributed by atoms with E-state index in [1.807, 2.05) is 19.1 Å². The van der Waals surface area contributed by atoms with Crippen LogP contribution in [0.15, 0.2) is 11.5 Å². The van der Waals surface area contributed by atoms with E-state index in [2.05, 4.69) is 4.98 Å². The average molecular weight is 168 g/mol. The van der Waals surface area contributed by atoms with Crippen LogP contribution in [0.25, 0.3) is 6.08 Å². The molecule has 1 aromatic heterocycles. The lowest BCUT2D eigenvalue weighted by atomic mass is 10.4. The minimum atomic E-state index is -0.467. The molecular formula is C7H8N2OS. The Morgan fingerprint density at radius 1 is 1.82 bits per heavy atom. The Hall–Kier alpha value is -1.16. The Kier molecular flexibility index (Phi) is 2.38. The highest BCUT2D eigenvalue weighted by Gasteiger charge is 2.03. The zero-order valence-electron chi connectivity index (χ0n) is 6.07. The highest BCUT2D eigenvalue weighted by molar-refractivity contribution is 7.11. The molecule has 0 aromatic carbocycles. The summed E-state index contributed by atoms with van der Waals surface area (Å²) in [5.41, 5.74) is 5.79. The second-order valence-electron chi connectivity index (χ2n) is 1.94. The molecule has 1 amide bonds. The van der Waals surface area contributed by atoms with Gasteiger partial charge in [0.2, 0.25) is 0 Å². The van der Waals surface area contributed by atoms with Gasteiger partial charge in [0.1, 0.15) is 0 Å². The van der Waals surface area contributed by atoms with Gasteiger partial charge in [0, 0.05) is 5.38 Å². The minimum Gasteiger partial charge on any atom is -0.364 e. The van der Waals surface area contributed by atoms with E-state index in [0.29, 0.717) is 5.01 Å². The molecule has 1 heterocycles. The van der Waals surface area contributed by atoms with E-state index >= 15 is 0 Å². The maximum Gasteiger partial charge on any atom is 0.277 e. The van der Waals surface area contributed by atoms with Gasteiger partial charge in [-0.25, -0.2) is 4.98 Å². The summed E-state index contributed by atoms with van der Waals surface area (Å²) >= 11 is 1.26. The molecule has 0 unspecified atom stereocenters. The smallest absolute Gasteiger partial charge is 0.277 e. The number of aromatic nitrogens is 1. The first-order chi connectivity index (χ1) is 5.24. The summed E-state index contributed by atoms with van der Waals surface area (Å²) in [6.45, 7) is 1.89. The summed E-state index contributed by atoms with van der Waals surface area (Å²) in [6, 6.07) is 0. The van der Waals surface area contributed by atoms with Crippen molar-refractivity contribution >= 4 is 23.3 Å². The maximum absolute atomic E-state index is 10.6. The monoisotopic (exact) mass is 168 g/mol. The fraction of sp³-hybridized carbons (Fsp3) is 0.143. The average Bonchev–Trinajstić information content (AvgIpc) is 2.37. The molecule has 0 aliphatic carbocycles. The van der Waals surface area contributed by atoms with Crippen molar-refractivity contribution in [1.29, 1.82) is 0 Å². The number of hydrogen-bond donors (Lipinski definition) is 1. The molecule has 2 N–H and O–H groups in total. The molecule has 1 aromatic rings. The highest BCUT2D eigenvalue weighted by atomic mass is 32.1. The lowest BCUT2D eigenvalue weighted by Gasteiger charge is -1.81. The Balaban J connectivity index is 2.90. The van der Waals surface area contributed by atoms with E-state index in [-0.39, 0.29) is 0 Å². The van der Waals surface area contributed by atoms with Crippen LogP contribution in [0.4, 0.5) is 0 Å². The number of amides is 1. The van der Waals surface area contributed by atoms with Gasteiger partial charge in [-0.1, -0.05) is 6.08 Å². The molecule has 0 bridgehead atoms. The van der Waals surface area contributed by atoms with Crippen molar-refractivity contribution in [1.82, 2.24) is 4.98 Å². The number of carbonyl (C=O) groups excluding carboxylic acids is 1. The van der Waals surface area contributed by atoms with Gasteiger partial charge in [-0.2, -0.15) is 0 Å². The van der Waals surface area contributed by atoms with Gasteiger partial charge in [-0.05, 0) is 13.0 Å². The Labute approximate surface area is 68.6 Å². The van der Waals surface area contributed by atoms with Gasteiger partial charge in [-0.15, -0.1) is 11.3 Å². The number of thiazole rings is 1. The van der Waals surface area contributed by atoms with Crippen molar-refractivity contribution in [2.75, 3.05) is 0 Å². The first kappa shape index (κ1) is 7.94. The molecule has 3 nitrogen and oxygen atoms in total. The van der Waals surface area contributed by atoms with E-state index < -0.39 is 5.91 Å². The molecule has 0 saturated carbocycles. The molecule has 1 rings (SSSR count). The number of nitrogens with two attached hydrogens (primary N) is 1. The highest BCUT2D eigenvalue weighted by Crippen LogP contribution is 2.09. The summed E-state index contributed by atoms with van der Waals surface area (Å²) in [6.07, 6.45) is 3.68. The van der Waals surface area contributed by atoms with Crippen molar-refractivity contribution in [3.63, 3.8) is 0 Å². The lowest BCUT2D eigenvalue weighted by molar-refractivity contribution is 0.1000. The van der Waals surface area contributed by atoms with E-state index in [4.69, 9.17) is 5.73 Å². The summed E-state index contributed by atoms with van der Waals surface area (Å²) in [5, 5.41) is 2.15. The summed E-state index contributed by atoms with van der Waals surface area (Å²) in [5.74, 6) is -0.467. The molecular weight excluding hydrogens is 160 g/mol. The fourth-order valence-corrected chi connectivity index (χ4v) is 1.28. The number of allylic oxidation sites excluding steroid dienone is 1. The van der Waals surface area contributed by atoms with Crippen molar-refractivity contribution < 1.29 is 4.79 Å². The summed E-state index contributed by atoms with van der Waals surface area (Å²) in [4.78, 5) is 14.5. The number of primary amides is 1. The molecule has 11 heavy (non-hydrogen) atoms. The van der Waals surface area contributed by atoms with Gasteiger partial charge in [0.15, 0.2) is 5.01 Å². The third kappa shape index (κ3) is 1.88. The number of rotatable bonds is 2. The summed E-state index contributed by atoms with van der Waals surface area (Å²) < 4.78 is 0. The van der Waals surface area contributed by atoms with Crippen molar-refractivity contribution in [2.45, 2.75) is 6.92 Å². The quantitative estimate of drug-likeness (QED) is 0.723. The number of hydrogen-bond acceptors (Lipinski definition) is 3. The third-order valence-corrected chi connectivity index (χ3v) is 1.95. The zero-order chi connectivity index (χ0) is 8.27. The molecule has 0 atom stereocenters. The molecule has 4 heteroatoms. The van der Waals surface area contributed by atoms with Crippen molar-refractivity contribution in [2.24, 2.45) is 5.73 Å². The van der Waals surface area contributed by atoms with Crippen LogP contribution in [-0.4, -0.2) is 10.9 Å². The standard InChI is InChI=1S/C7H8N2OS/c1-2-3-5-4-11-7(9-5)6(8)10/h2-4H,1H3,(H2,8,10)/b3-2-. The Morgan fingerprint density at radius 2 is 2.55 bits per heavy atom. The van der Waals surface area contributed by atoms with Crippen LogP contribution in [0.5, 0.6) is 0 Å². The normalized spacial score (nSPS) is 10.6.